The first kappa shape index (κ1) is 19.9. The van der Waals surface area contributed by atoms with Gasteiger partial charge in [0, 0.05) is 12.6 Å². The maximum Gasteiger partial charge on any atom is 0.329 e. The number of carboxylic acids is 1. The average molecular weight is 341 g/mol. The number of aliphatic carboxylic acids is 1. The first-order valence-corrected chi connectivity index (χ1v) is 7.53. The molecular formula is C16H23NO7. The molecule has 1 aromatic carbocycles. The summed E-state index contributed by atoms with van der Waals surface area (Å²) in [5, 5.41) is 11.0. The van der Waals surface area contributed by atoms with Crippen LogP contribution in [0.4, 0.5) is 5.69 Å². The van der Waals surface area contributed by atoms with Crippen LogP contribution in [0.15, 0.2) is 24.3 Å². The lowest BCUT2D eigenvalue weighted by Crippen LogP contribution is -2.14. The summed E-state index contributed by atoms with van der Waals surface area (Å²) in [6.07, 6.45) is 0. The molecule has 134 valence electrons. The van der Waals surface area contributed by atoms with Gasteiger partial charge in [0.2, 0.25) is 5.91 Å². The first-order chi connectivity index (χ1) is 11.6. The van der Waals surface area contributed by atoms with Crippen molar-refractivity contribution in [3.63, 3.8) is 0 Å². The van der Waals surface area contributed by atoms with E-state index in [0.717, 1.165) is 5.69 Å². The molecule has 0 unspecified atom stereocenters. The molecule has 0 saturated heterocycles. The van der Waals surface area contributed by atoms with Crippen molar-refractivity contribution in [2.45, 2.75) is 6.92 Å². The third-order valence-electron chi connectivity index (χ3n) is 2.64. The van der Waals surface area contributed by atoms with Gasteiger partial charge in [-0.05, 0) is 24.3 Å². The molecular weight excluding hydrogens is 318 g/mol. The molecule has 0 fully saturated rings. The number of hydrogen-bond donors (Lipinski definition) is 2. The highest BCUT2D eigenvalue weighted by Crippen LogP contribution is 2.15. The van der Waals surface area contributed by atoms with E-state index in [-0.39, 0.29) is 19.1 Å². The molecule has 0 aromatic heterocycles. The van der Waals surface area contributed by atoms with E-state index >= 15 is 0 Å². The van der Waals surface area contributed by atoms with Crippen LogP contribution in [-0.4, -0.2) is 63.2 Å². The number of nitrogens with one attached hydrogen (secondary N) is 1. The second-order valence-electron chi connectivity index (χ2n) is 4.73. The van der Waals surface area contributed by atoms with Gasteiger partial charge in [-0.1, -0.05) is 0 Å². The van der Waals surface area contributed by atoms with Crippen molar-refractivity contribution in [2.24, 2.45) is 0 Å². The average Bonchev–Trinajstić information content (AvgIpc) is 2.53. The van der Waals surface area contributed by atoms with Gasteiger partial charge in [-0.2, -0.15) is 0 Å². The number of hydrogen-bond acceptors (Lipinski definition) is 6. The van der Waals surface area contributed by atoms with Crippen LogP contribution in [0.5, 0.6) is 5.75 Å². The summed E-state index contributed by atoms with van der Waals surface area (Å²) in [5.41, 5.74) is 0.718. The number of carbonyl (C=O) groups excluding carboxylic acids is 1. The maximum atomic E-state index is 10.9. The molecule has 0 aliphatic carbocycles. The van der Waals surface area contributed by atoms with E-state index in [2.05, 4.69) is 5.32 Å². The van der Waals surface area contributed by atoms with Gasteiger partial charge in [0.15, 0.2) is 0 Å². The van der Waals surface area contributed by atoms with Crippen LogP contribution in [0.1, 0.15) is 6.92 Å². The van der Waals surface area contributed by atoms with Gasteiger partial charge < -0.3 is 29.4 Å². The van der Waals surface area contributed by atoms with Crippen LogP contribution >= 0.6 is 0 Å². The smallest absolute Gasteiger partial charge is 0.329 e. The monoisotopic (exact) mass is 341 g/mol. The highest BCUT2D eigenvalue weighted by atomic mass is 16.6. The molecule has 0 aliphatic heterocycles. The molecule has 24 heavy (non-hydrogen) atoms. The van der Waals surface area contributed by atoms with Crippen molar-refractivity contribution >= 4 is 17.6 Å². The van der Waals surface area contributed by atoms with Crippen molar-refractivity contribution in [2.75, 3.05) is 51.6 Å². The lowest BCUT2D eigenvalue weighted by atomic mass is 10.3. The number of rotatable bonds is 13. The Hall–Kier alpha value is -2.16. The fraction of sp³-hybridized carbons (Fsp3) is 0.500. The maximum absolute atomic E-state index is 10.9. The summed E-state index contributed by atoms with van der Waals surface area (Å²) in [7, 11) is 0. The lowest BCUT2D eigenvalue weighted by molar-refractivity contribution is -0.142. The number of amides is 1. The van der Waals surface area contributed by atoms with Crippen molar-refractivity contribution in [3.8, 4) is 5.75 Å². The van der Waals surface area contributed by atoms with E-state index in [1.165, 1.54) is 6.92 Å². The van der Waals surface area contributed by atoms with Crippen molar-refractivity contribution < 1.29 is 33.6 Å². The van der Waals surface area contributed by atoms with Crippen LogP contribution < -0.4 is 10.1 Å². The van der Waals surface area contributed by atoms with Crippen LogP contribution in [0, 0.1) is 0 Å². The van der Waals surface area contributed by atoms with Crippen molar-refractivity contribution in [3.05, 3.63) is 24.3 Å². The molecule has 0 radical (unpaired) electrons. The van der Waals surface area contributed by atoms with Gasteiger partial charge >= 0.3 is 5.97 Å². The normalized spacial score (nSPS) is 10.4. The fourth-order valence-corrected chi connectivity index (χ4v) is 1.66. The minimum Gasteiger partial charge on any atom is -0.491 e. The zero-order valence-corrected chi connectivity index (χ0v) is 13.7. The van der Waals surface area contributed by atoms with E-state index < -0.39 is 5.97 Å². The summed E-state index contributed by atoms with van der Waals surface area (Å²) in [5.74, 6) is -0.421. The topological polar surface area (TPSA) is 103 Å². The summed E-state index contributed by atoms with van der Waals surface area (Å²) >= 11 is 0. The molecule has 2 N–H and O–H groups in total. The Morgan fingerprint density at radius 2 is 1.46 bits per heavy atom. The Kier molecular flexibility index (Phi) is 10.2. The first-order valence-electron chi connectivity index (χ1n) is 7.53. The van der Waals surface area contributed by atoms with Gasteiger partial charge in [0.25, 0.3) is 0 Å². The number of ether oxygens (including phenoxy) is 4. The highest BCUT2D eigenvalue weighted by molar-refractivity contribution is 5.88. The fourth-order valence-electron chi connectivity index (χ4n) is 1.66. The SMILES string of the molecule is CC(=O)Nc1ccc(OCCOCCOCCOCC(=O)O)cc1. The Labute approximate surface area is 140 Å². The van der Waals surface area contributed by atoms with E-state index in [1.54, 1.807) is 24.3 Å². The van der Waals surface area contributed by atoms with Crippen molar-refractivity contribution in [1.29, 1.82) is 0 Å². The van der Waals surface area contributed by atoms with Gasteiger partial charge in [-0.15, -0.1) is 0 Å². The third-order valence-corrected chi connectivity index (χ3v) is 2.64. The van der Waals surface area contributed by atoms with E-state index in [9.17, 15) is 9.59 Å². The third kappa shape index (κ3) is 10.5. The predicted octanol–water partition coefficient (Wildman–Crippen LogP) is 1.16. The molecule has 1 aromatic rings. The minimum absolute atomic E-state index is 0.118. The van der Waals surface area contributed by atoms with Crippen LogP contribution in [-0.2, 0) is 23.8 Å². The predicted molar refractivity (Wildman–Crippen MR) is 86.3 cm³/mol. The molecule has 0 spiro atoms. The quantitative estimate of drug-likeness (QED) is 0.519. The molecule has 0 aliphatic rings. The second kappa shape index (κ2) is 12.3. The molecule has 0 atom stereocenters. The Balaban J connectivity index is 1.95. The Morgan fingerprint density at radius 1 is 0.917 bits per heavy atom. The van der Waals surface area contributed by atoms with Gasteiger partial charge in [0.05, 0.1) is 33.0 Å². The summed E-state index contributed by atoms with van der Waals surface area (Å²) in [6.45, 7) is 3.36. The number of carbonyl (C=O) groups is 2. The zero-order chi connectivity index (χ0) is 17.6. The van der Waals surface area contributed by atoms with E-state index in [1.807, 2.05) is 0 Å². The number of carboxylic acid groups (broad SMARTS) is 1. The highest BCUT2D eigenvalue weighted by Gasteiger charge is 1.98. The Bertz CT molecular complexity index is 490. The van der Waals surface area contributed by atoms with E-state index in [0.29, 0.717) is 38.8 Å². The van der Waals surface area contributed by atoms with Gasteiger partial charge in [-0.25, -0.2) is 4.79 Å². The minimum atomic E-state index is -0.997. The van der Waals surface area contributed by atoms with E-state index in [4.69, 9.17) is 24.1 Å². The largest absolute Gasteiger partial charge is 0.491 e. The Morgan fingerprint density at radius 3 is 2.00 bits per heavy atom. The molecule has 1 rings (SSSR count). The summed E-state index contributed by atoms with van der Waals surface area (Å²) in [6, 6.07) is 7.06. The van der Waals surface area contributed by atoms with Gasteiger partial charge in [0.1, 0.15) is 19.0 Å². The molecule has 0 bridgehead atoms. The lowest BCUT2D eigenvalue weighted by Gasteiger charge is -2.08. The summed E-state index contributed by atoms with van der Waals surface area (Å²) < 4.78 is 20.8. The second-order valence-corrected chi connectivity index (χ2v) is 4.73. The number of benzene rings is 1. The zero-order valence-electron chi connectivity index (χ0n) is 13.7. The molecule has 0 heterocycles. The van der Waals surface area contributed by atoms with Crippen LogP contribution in [0.3, 0.4) is 0 Å². The molecule has 0 saturated carbocycles. The van der Waals surface area contributed by atoms with Crippen LogP contribution in [0.25, 0.3) is 0 Å². The molecule has 8 nitrogen and oxygen atoms in total. The molecule has 8 heteroatoms. The molecule has 1 amide bonds. The van der Waals surface area contributed by atoms with Crippen molar-refractivity contribution in [1.82, 2.24) is 0 Å². The van der Waals surface area contributed by atoms with Crippen LogP contribution in [0.2, 0.25) is 0 Å². The standard InChI is InChI=1S/C16H23NO7/c1-13(18)17-14-2-4-15(5-3-14)24-11-10-22-7-6-21-8-9-23-12-16(19)20/h2-5H,6-12H2,1H3,(H,17,18)(H,19,20). The summed E-state index contributed by atoms with van der Waals surface area (Å²) in [4.78, 5) is 21.1. The number of anilines is 1. The van der Waals surface area contributed by atoms with Gasteiger partial charge in [-0.3, -0.25) is 4.79 Å².